The minimum Gasteiger partial charge on any atom is -0.459 e. The number of aromatic nitrogens is 3. The Hall–Kier alpha value is -1.30. The van der Waals surface area contributed by atoms with E-state index in [9.17, 15) is 4.79 Å². The van der Waals surface area contributed by atoms with Gasteiger partial charge in [0.25, 0.3) is 0 Å². The van der Waals surface area contributed by atoms with Gasteiger partial charge in [-0.15, -0.1) is 16.8 Å². The van der Waals surface area contributed by atoms with Crippen molar-refractivity contribution in [1.82, 2.24) is 14.8 Å². The fraction of sp³-hybridized carbons (Fsp3) is 0.583. The molecule has 0 aliphatic rings. The molecule has 0 saturated heterocycles. The molecule has 5 nitrogen and oxygen atoms in total. The number of hydrogen-bond donors (Lipinski definition) is 0. The van der Waals surface area contributed by atoms with Gasteiger partial charge in [0.1, 0.15) is 11.4 Å². The van der Waals surface area contributed by atoms with Crippen molar-refractivity contribution in [3.63, 3.8) is 0 Å². The minimum absolute atomic E-state index is 0.229. The number of ether oxygens (including phenoxy) is 1. The number of esters is 1. The van der Waals surface area contributed by atoms with Crippen LogP contribution in [0.15, 0.2) is 17.8 Å². The molecule has 0 fully saturated rings. The van der Waals surface area contributed by atoms with E-state index in [1.807, 2.05) is 32.3 Å². The van der Waals surface area contributed by atoms with Crippen molar-refractivity contribution in [2.75, 3.05) is 5.75 Å². The highest BCUT2D eigenvalue weighted by molar-refractivity contribution is 7.99. The SMILES string of the molecule is C=CCn1c(C)nnc1SCC(=O)OC(C)(C)C. The van der Waals surface area contributed by atoms with Gasteiger partial charge in [-0.1, -0.05) is 17.8 Å². The topological polar surface area (TPSA) is 57.0 Å². The molecule has 1 aromatic rings. The summed E-state index contributed by atoms with van der Waals surface area (Å²) in [6.45, 7) is 11.7. The molecule has 100 valence electrons. The zero-order valence-electron chi connectivity index (χ0n) is 11.3. The number of allylic oxidation sites excluding steroid dienone is 1. The van der Waals surface area contributed by atoms with Crippen LogP contribution in [0.25, 0.3) is 0 Å². The van der Waals surface area contributed by atoms with Crippen LogP contribution in [-0.2, 0) is 16.1 Å². The Morgan fingerprint density at radius 3 is 2.72 bits per heavy atom. The van der Waals surface area contributed by atoms with Crippen molar-refractivity contribution in [2.24, 2.45) is 0 Å². The van der Waals surface area contributed by atoms with E-state index in [2.05, 4.69) is 16.8 Å². The lowest BCUT2D eigenvalue weighted by molar-refractivity contribution is -0.151. The monoisotopic (exact) mass is 269 g/mol. The van der Waals surface area contributed by atoms with Crippen molar-refractivity contribution >= 4 is 17.7 Å². The summed E-state index contributed by atoms with van der Waals surface area (Å²) < 4.78 is 7.13. The zero-order valence-corrected chi connectivity index (χ0v) is 12.1. The molecular weight excluding hydrogens is 250 g/mol. The van der Waals surface area contributed by atoms with Crippen LogP contribution in [0.2, 0.25) is 0 Å². The van der Waals surface area contributed by atoms with Crippen LogP contribution >= 0.6 is 11.8 Å². The fourth-order valence-corrected chi connectivity index (χ4v) is 2.07. The average Bonchev–Trinajstić information content (AvgIpc) is 2.56. The molecule has 0 atom stereocenters. The number of carbonyl (C=O) groups is 1. The summed E-state index contributed by atoms with van der Waals surface area (Å²) in [4.78, 5) is 11.6. The van der Waals surface area contributed by atoms with Gasteiger partial charge in [0, 0.05) is 6.54 Å². The summed E-state index contributed by atoms with van der Waals surface area (Å²) in [5, 5.41) is 8.71. The summed E-state index contributed by atoms with van der Waals surface area (Å²) in [7, 11) is 0. The highest BCUT2D eigenvalue weighted by Gasteiger charge is 2.17. The molecule has 6 heteroatoms. The van der Waals surface area contributed by atoms with Crippen molar-refractivity contribution < 1.29 is 9.53 Å². The first-order valence-corrected chi connectivity index (χ1v) is 6.67. The Bertz CT molecular complexity index is 435. The van der Waals surface area contributed by atoms with Gasteiger partial charge in [0.2, 0.25) is 0 Å². The molecule has 1 heterocycles. The van der Waals surface area contributed by atoms with Crippen molar-refractivity contribution in [2.45, 2.75) is 45.0 Å². The molecule has 0 bridgehead atoms. The molecule has 0 aliphatic heterocycles. The molecule has 0 radical (unpaired) electrons. The third kappa shape index (κ3) is 4.52. The van der Waals surface area contributed by atoms with Gasteiger partial charge in [-0.05, 0) is 27.7 Å². The van der Waals surface area contributed by atoms with Gasteiger partial charge < -0.3 is 9.30 Å². The molecule has 0 N–H and O–H groups in total. The maximum Gasteiger partial charge on any atom is 0.316 e. The molecule has 0 aliphatic carbocycles. The van der Waals surface area contributed by atoms with E-state index in [0.717, 1.165) is 5.82 Å². The lowest BCUT2D eigenvalue weighted by Gasteiger charge is -2.19. The van der Waals surface area contributed by atoms with Crippen LogP contribution in [0.3, 0.4) is 0 Å². The van der Waals surface area contributed by atoms with Crippen molar-refractivity contribution in [1.29, 1.82) is 0 Å². The quantitative estimate of drug-likeness (QED) is 0.466. The normalized spacial score (nSPS) is 11.3. The average molecular weight is 269 g/mol. The Labute approximate surface area is 112 Å². The van der Waals surface area contributed by atoms with Crippen LogP contribution in [0.1, 0.15) is 26.6 Å². The Kier molecular flexibility index (Phi) is 4.95. The number of nitrogens with zero attached hydrogens (tertiary/aromatic N) is 3. The van der Waals surface area contributed by atoms with Crippen LogP contribution in [0, 0.1) is 6.92 Å². The zero-order chi connectivity index (χ0) is 13.8. The highest BCUT2D eigenvalue weighted by atomic mass is 32.2. The molecule has 0 unspecified atom stereocenters. The number of rotatable bonds is 5. The number of aryl methyl sites for hydroxylation is 1. The molecule has 18 heavy (non-hydrogen) atoms. The van der Waals surface area contributed by atoms with E-state index >= 15 is 0 Å². The Morgan fingerprint density at radius 2 is 2.17 bits per heavy atom. The molecular formula is C12H19N3O2S. The second kappa shape index (κ2) is 6.04. The Morgan fingerprint density at radius 1 is 1.50 bits per heavy atom. The Balaban J connectivity index is 2.58. The van der Waals surface area contributed by atoms with E-state index < -0.39 is 5.60 Å². The molecule has 1 aromatic heterocycles. The van der Waals surface area contributed by atoms with E-state index in [0.29, 0.717) is 11.7 Å². The fourth-order valence-electron chi connectivity index (χ4n) is 1.30. The van der Waals surface area contributed by atoms with Gasteiger partial charge in [-0.2, -0.15) is 0 Å². The van der Waals surface area contributed by atoms with Gasteiger partial charge in [-0.3, -0.25) is 4.79 Å². The second-order valence-electron chi connectivity index (χ2n) is 4.80. The minimum atomic E-state index is -0.456. The lowest BCUT2D eigenvalue weighted by Crippen LogP contribution is -2.25. The number of thioether (sulfide) groups is 1. The molecule has 0 saturated carbocycles. The standard InChI is InChI=1S/C12H19N3O2S/c1-6-7-15-9(2)13-14-11(15)18-8-10(16)17-12(3,4)5/h6H,1,7-8H2,2-5H3. The van der Waals surface area contributed by atoms with Crippen LogP contribution in [0.4, 0.5) is 0 Å². The number of carbonyl (C=O) groups excluding carboxylic acids is 1. The molecule has 0 amide bonds. The van der Waals surface area contributed by atoms with Crippen LogP contribution < -0.4 is 0 Å². The second-order valence-corrected chi connectivity index (χ2v) is 5.75. The molecule has 0 aromatic carbocycles. The predicted octanol–water partition coefficient (Wildman–Crippen LogP) is 2.21. The smallest absolute Gasteiger partial charge is 0.316 e. The van der Waals surface area contributed by atoms with Gasteiger partial charge >= 0.3 is 5.97 Å². The summed E-state index contributed by atoms with van der Waals surface area (Å²) >= 11 is 1.32. The highest BCUT2D eigenvalue weighted by Crippen LogP contribution is 2.18. The van der Waals surface area contributed by atoms with Gasteiger partial charge in [0.15, 0.2) is 5.16 Å². The number of hydrogen-bond acceptors (Lipinski definition) is 5. The van der Waals surface area contributed by atoms with E-state index in [1.165, 1.54) is 11.8 Å². The first-order chi connectivity index (χ1) is 8.33. The van der Waals surface area contributed by atoms with Crippen LogP contribution in [-0.4, -0.2) is 32.1 Å². The summed E-state index contributed by atoms with van der Waals surface area (Å²) in [6, 6.07) is 0. The lowest BCUT2D eigenvalue weighted by atomic mass is 10.2. The largest absolute Gasteiger partial charge is 0.459 e. The summed E-state index contributed by atoms with van der Waals surface area (Å²) in [6.07, 6.45) is 1.77. The van der Waals surface area contributed by atoms with Gasteiger partial charge in [0.05, 0.1) is 5.75 Å². The van der Waals surface area contributed by atoms with Crippen molar-refractivity contribution in [3.8, 4) is 0 Å². The van der Waals surface area contributed by atoms with E-state index in [1.54, 1.807) is 6.08 Å². The predicted molar refractivity (Wildman–Crippen MR) is 71.5 cm³/mol. The van der Waals surface area contributed by atoms with Crippen molar-refractivity contribution in [3.05, 3.63) is 18.5 Å². The first kappa shape index (κ1) is 14.8. The maximum absolute atomic E-state index is 11.6. The summed E-state index contributed by atoms with van der Waals surface area (Å²) in [5.41, 5.74) is -0.456. The van der Waals surface area contributed by atoms with Crippen LogP contribution in [0.5, 0.6) is 0 Å². The third-order valence-electron chi connectivity index (χ3n) is 1.95. The van der Waals surface area contributed by atoms with Gasteiger partial charge in [-0.25, -0.2) is 0 Å². The molecule has 0 spiro atoms. The first-order valence-electron chi connectivity index (χ1n) is 5.69. The van der Waals surface area contributed by atoms with E-state index in [-0.39, 0.29) is 11.7 Å². The maximum atomic E-state index is 11.6. The summed E-state index contributed by atoms with van der Waals surface area (Å²) in [5.74, 6) is 0.784. The third-order valence-corrected chi connectivity index (χ3v) is 2.89. The van der Waals surface area contributed by atoms with E-state index in [4.69, 9.17) is 4.74 Å². The molecule has 1 rings (SSSR count).